The van der Waals surface area contributed by atoms with Gasteiger partial charge in [0.2, 0.25) is 0 Å². The van der Waals surface area contributed by atoms with E-state index in [0.717, 1.165) is 38.1 Å². The Morgan fingerprint density at radius 2 is 2.43 bits per heavy atom. The highest BCUT2D eigenvalue weighted by Crippen LogP contribution is 2.40. The van der Waals surface area contributed by atoms with Gasteiger partial charge in [-0.2, -0.15) is 0 Å². The van der Waals surface area contributed by atoms with Gasteiger partial charge in [-0.3, -0.25) is 9.69 Å². The number of carbonyl (C=O) groups is 1. The molecule has 122 valence electrons. The Kier molecular flexibility index (Phi) is 3.95. The van der Waals surface area contributed by atoms with Crippen molar-refractivity contribution in [3.63, 3.8) is 0 Å². The summed E-state index contributed by atoms with van der Waals surface area (Å²) in [5.41, 5.74) is 1.84. The summed E-state index contributed by atoms with van der Waals surface area (Å²) in [6, 6.07) is 4.31. The van der Waals surface area contributed by atoms with Crippen molar-refractivity contribution >= 4 is 17.2 Å². The van der Waals surface area contributed by atoms with Crippen molar-refractivity contribution < 1.29 is 9.32 Å². The number of fused-ring (bicyclic) bond motifs is 1. The summed E-state index contributed by atoms with van der Waals surface area (Å²) in [4.78, 5) is 16.1. The molecule has 1 atom stereocenters. The minimum atomic E-state index is -0.138. The molecule has 1 aliphatic heterocycles. The first-order chi connectivity index (χ1) is 11.2. The lowest BCUT2D eigenvalue weighted by molar-refractivity contribution is 0.0923. The van der Waals surface area contributed by atoms with Gasteiger partial charge in [0.25, 0.3) is 5.91 Å². The van der Waals surface area contributed by atoms with Crippen LogP contribution in [0.15, 0.2) is 22.0 Å². The second-order valence-corrected chi connectivity index (χ2v) is 7.54. The molecule has 2 aromatic rings. The van der Waals surface area contributed by atoms with Crippen molar-refractivity contribution in [1.82, 2.24) is 15.4 Å². The summed E-state index contributed by atoms with van der Waals surface area (Å²) >= 11 is 1.85. The van der Waals surface area contributed by atoms with Crippen LogP contribution in [-0.4, -0.2) is 35.1 Å². The highest BCUT2D eigenvalue weighted by atomic mass is 32.1. The van der Waals surface area contributed by atoms with E-state index in [0.29, 0.717) is 24.2 Å². The Labute approximate surface area is 139 Å². The van der Waals surface area contributed by atoms with Gasteiger partial charge in [-0.1, -0.05) is 5.16 Å². The van der Waals surface area contributed by atoms with Crippen LogP contribution in [0.4, 0.5) is 0 Å². The number of hydrogen-bond acceptors (Lipinski definition) is 5. The normalized spacial score (nSPS) is 19.3. The third-order valence-corrected chi connectivity index (χ3v) is 5.78. The van der Waals surface area contributed by atoms with Gasteiger partial charge in [-0.25, -0.2) is 0 Å². The van der Waals surface area contributed by atoms with Gasteiger partial charge < -0.3 is 9.84 Å². The van der Waals surface area contributed by atoms with Crippen LogP contribution in [0.25, 0.3) is 0 Å². The van der Waals surface area contributed by atoms with E-state index in [1.54, 1.807) is 6.07 Å². The lowest BCUT2D eigenvalue weighted by Gasteiger charge is -2.32. The second-order valence-electron chi connectivity index (χ2n) is 6.54. The van der Waals surface area contributed by atoms with Crippen LogP contribution in [0, 0.1) is 0 Å². The lowest BCUT2D eigenvalue weighted by atomic mass is 10.1. The van der Waals surface area contributed by atoms with Gasteiger partial charge in [0.15, 0.2) is 5.69 Å². The first kappa shape index (κ1) is 14.9. The van der Waals surface area contributed by atoms with Crippen LogP contribution in [0.1, 0.15) is 52.4 Å². The Hall–Kier alpha value is -1.66. The van der Waals surface area contributed by atoms with E-state index in [1.807, 2.05) is 11.3 Å². The van der Waals surface area contributed by atoms with Gasteiger partial charge in [0.1, 0.15) is 5.76 Å². The van der Waals surface area contributed by atoms with E-state index in [2.05, 4.69) is 33.7 Å². The minimum Gasteiger partial charge on any atom is -0.360 e. The van der Waals surface area contributed by atoms with Crippen molar-refractivity contribution in [2.75, 3.05) is 13.1 Å². The SMILES string of the molecule is CC(CNC(=O)c1cc(C2CC2)on1)N1CCc2sccc2C1. The molecule has 0 spiro atoms. The molecule has 6 heteroatoms. The molecule has 1 N–H and O–H groups in total. The van der Waals surface area contributed by atoms with E-state index in [4.69, 9.17) is 4.52 Å². The second kappa shape index (κ2) is 6.09. The van der Waals surface area contributed by atoms with E-state index < -0.39 is 0 Å². The Balaban J connectivity index is 1.30. The molecule has 4 rings (SSSR count). The molecular formula is C17H21N3O2S. The predicted molar refractivity (Wildman–Crippen MR) is 88.7 cm³/mol. The van der Waals surface area contributed by atoms with Gasteiger partial charge in [0.05, 0.1) is 0 Å². The fourth-order valence-electron chi connectivity index (χ4n) is 3.06. The van der Waals surface area contributed by atoms with Crippen molar-refractivity contribution in [1.29, 1.82) is 0 Å². The lowest BCUT2D eigenvalue weighted by Crippen LogP contribution is -2.44. The summed E-state index contributed by atoms with van der Waals surface area (Å²) in [7, 11) is 0. The fourth-order valence-corrected chi connectivity index (χ4v) is 3.95. The van der Waals surface area contributed by atoms with Crippen LogP contribution in [0.2, 0.25) is 0 Å². The molecular weight excluding hydrogens is 310 g/mol. The summed E-state index contributed by atoms with van der Waals surface area (Å²) in [6.07, 6.45) is 3.40. The Morgan fingerprint density at radius 1 is 1.57 bits per heavy atom. The average molecular weight is 331 g/mol. The van der Waals surface area contributed by atoms with E-state index >= 15 is 0 Å². The average Bonchev–Trinajstić information content (AvgIpc) is 3.12. The van der Waals surface area contributed by atoms with Gasteiger partial charge in [-0.15, -0.1) is 11.3 Å². The number of nitrogens with zero attached hydrogens (tertiary/aromatic N) is 2. The number of nitrogens with one attached hydrogen (secondary N) is 1. The monoisotopic (exact) mass is 331 g/mol. The maximum atomic E-state index is 12.2. The van der Waals surface area contributed by atoms with Crippen LogP contribution >= 0.6 is 11.3 Å². The highest BCUT2D eigenvalue weighted by Gasteiger charge is 2.29. The third kappa shape index (κ3) is 3.19. The van der Waals surface area contributed by atoms with Gasteiger partial charge >= 0.3 is 0 Å². The molecule has 1 unspecified atom stereocenters. The first-order valence-corrected chi connectivity index (χ1v) is 9.13. The topological polar surface area (TPSA) is 58.4 Å². The summed E-state index contributed by atoms with van der Waals surface area (Å²) in [5, 5.41) is 9.05. The van der Waals surface area contributed by atoms with Crippen LogP contribution in [-0.2, 0) is 13.0 Å². The Morgan fingerprint density at radius 3 is 3.26 bits per heavy atom. The maximum Gasteiger partial charge on any atom is 0.273 e. The molecule has 1 saturated carbocycles. The molecule has 0 aromatic carbocycles. The van der Waals surface area contributed by atoms with Crippen molar-refractivity contribution in [3.05, 3.63) is 39.4 Å². The third-order valence-electron chi connectivity index (χ3n) is 4.76. The quantitative estimate of drug-likeness (QED) is 0.915. The number of carbonyl (C=O) groups excluding carboxylic acids is 1. The first-order valence-electron chi connectivity index (χ1n) is 8.25. The van der Waals surface area contributed by atoms with Crippen molar-refractivity contribution in [3.8, 4) is 0 Å². The van der Waals surface area contributed by atoms with E-state index in [-0.39, 0.29) is 5.91 Å². The molecule has 3 heterocycles. The molecule has 23 heavy (non-hydrogen) atoms. The van der Waals surface area contributed by atoms with Crippen molar-refractivity contribution in [2.45, 2.75) is 44.7 Å². The molecule has 2 aliphatic rings. The zero-order chi connectivity index (χ0) is 15.8. The molecule has 2 aromatic heterocycles. The maximum absolute atomic E-state index is 12.2. The van der Waals surface area contributed by atoms with Gasteiger partial charge in [-0.05, 0) is 43.2 Å². The molecule has 5 nitrogen and oxygen atoms in total. The smallest absolute Gasteiger partial charge is 0.273 e. The molecule has 1 aliphatic carbocycles. The minimum absolute atomic E-state index is 0.138. The molecule has 1 fully saturated rings. The largest absolute Gasteiger partial charge is 0.360 e. The van der Waals surface area contributed by atoms with Crippen LogP contribution in [0.3, 0.4) is 0 Å². The van der Waals surface area contributed by atoms with Crippen molar-refractivity contribution in [2.24, 2.45) is 0 Å². The summed E-state index contributed by atoms with van der Waals surface area (Å²) < 4.78 is 5.24. The number of thiophene rings is 1. The fraction of sp³-hybridized carbons (Fsp3) is 0.529. The molecule has 0 radical (unpaired) electrons. The van der Waals surface area contributed by atoms with Gasteiger partial charge in [0, 0.05) is 42.5 Å². The number of hydrogen-bond donors (Lipinski definition) is 1. The summed E-state index contributed by atoms with van der Waals surface area (Å²) in [6.45, 7) is 4.83. The zero-order valence-electron chi connectivity index (χ0n) is 13.2. The van der Waals surface area contributed by atoms with Crippen LogP contribution < -0.4 is 5.32 Å². The number of aromatic nitrogens is 1. The number of rotatable bonds is 5. The highest BCUT2D eigenvalue weighted by molar-refractivity contribution is 7.10. The predicted octanol–water partition coefficient (Wildman–Crippen LogP) is 2.79. The number of amides is 1. The zero-order valence-corrected chi connectivity index (χ0v) is 14.1. The molecule has 1 amide bonds. The standard InChI is InChI=1S/C17H21N3O2S/c1-11(20-6-4-16-13(10-20)5-7-23-16)9-18-17(21)14-8-15(22-19-14)12-2-3-12/h5,7-8,11-12H,2-4,6,9-10H2,1H3,(H,18,21). The summed E-state index contributed by atoms with van der Waals surface area (Å²) in [5.74, 6) is 1.20. The Bertz CT molecular complexity index is 704. The van der Waals surface area contributed by atoms with E-state index in [9.17, 15) is 4.79 Å². The van der Waals surface area contributed by atoms with Crippen LogP contribution in [0.5, 0.6) is 0 Å². The molecule has 0 saturated heterocycles. The van der Waals surface area contributed by atoms with E-state index in [1.165, 1.54) is 10.4 Å². The molecule has 0 bridgehead atoms.